The standard InChI is InChI=1S/C33H29NO10/c1-3-29(35)41-19-5-17-39-24-11-7-22(8-12-24)31-34-28-16-15-26(21-27(28)33(38)44-31)43-32(37)23-9-13-25(14-10-23)40-18-6-20-42-30(36)4-2/h3-4,7-16,21H,1-2,5-6,17-20H2. The molecule has 0 spiro atoms. The van der Waals surface area contributed by atoms with Gasteiger partial charge in [-0.1, -0.05) is 13.2 Å². The number of esters is 3. The summed E-state index contributed by atoms with van der Waals surface area (Å²) in [6, 6.07) is 17.7. The van der Waals surface area contributed by atoms with Crippen molar-refractivity contribution in [1.29, 1.82) is 0 Å². The van der Waals surface area contributed by atoms with Crippen LogP contribution in [0.5, 0.6) is 17.2 Å². The number of rotatable bonds is 15. The molecule has 11 nitrogen and oxygen atoms in total. The fourth-order valence-corrected chi connectivity index (χ4v) is 3.75. The molecule has 0 aliphatic carbocycles. The van der Waals surface area contributed by atoms with Crippen LogP contribution in [-0.4, -0.2) is 49.3 Å². The highest BCUT2D eigenvalue weighted by molar-refractivity contribution is 5.92. The normalized spacial score (nSPS) is 10.5. The van der Waals surface area contributed by atoms with Gasteiger partial charge in [0.15, 0.2) is 0 Å². The van der Waals surface area contributed by atoms with Crippen molar-refractivity contribution in [2.75, 3.05) is 26.4 Å². The highest BCUT2D eigenvalue weighted by Gasteiger charge is 2.13. The Morgan fingerprint density at radius 3 is 1.84 bits per heavy atom. The maximum atomic E-state index is 12.8. The maximum Gasteiger partial charge on any atom is 0.347 e. The van der Waals surface area contributed by atoms with Crippen molar-refractivity contribution in [3.8, 4) is 28.7 Å². The molecule has 0 amide bonds. The summed E-state index contributed by atoms with van der Waals surface area (Å²) < 4.78 is 31.9. The van der Waals surface area contributed by atoms with E-state index in [0.29, 0.717) is 48.6 Å². The van der Waals surface area contributed by atoms with E-state index >= 15 is 0 Å². The molecule has 1 heterocycles. The monoisotopic (exact) mass is 599 g/mol. The minimum Gasteiger partial charge on any atom is -0.493 e. The molecule has 3 aromatic carbocycles. The van der Waals surface area contributed by atoms with Crippen molar-refractivity contribution in [2.24, 2.45) is 0 Å². The Hall–Kier alpha value is -5.71. The lowest BCUT2D eigenvalue weighted by atomic mass is 10.2. The Balaban J connectivity index is 1.32. The molecule has 1 aromatic heterocycles. The molecule has 0 aliphatic heterocycles. The van der Waals surface area contributed by atoms with Crippen LogP contribution >= 0.6 is 0 Å². The average molecular weight is 600 g/mol. The van der Waals surface area contributed by atoms with E-state index in [-0.39, 0.29) is 35.8 Å². The van der Waals surface area contributed by atoms with Gasteiger partial charge in [0.25, 0.3) is 0 Å². The number of carbonyl (C=O) groups excluding carboxylic acids is 3. The van der Waals surface area contributed by atoms with Gasteiger partial charge in [-0.2, -0.15) is 0 Å². The number of hydrogen-bond acceptors (Lipinski definition) is 11. The van der Waals surface area contributed by atoms with Crippen molar-refractivity contribution in [3.05, 3.63) is 108 Å². The summed E-state index contributed by atoms with van der Waals surface area (Å²) in [5.74, 6) is -0.202. The number of benzene rings is 3. The number of carbonyl (C=O) groups is 3. The van der Waals surface area contributed by atoms with Crippen molar-refractivity contribution < 1.29 is 42.5 Å². The zero-order valence-corrected chi connectivity index (χ0v) is 23.7. The molecule has 4 rings (SSSR count). The predicted octanol–water partition coefficient (Wildman–Crippen LogP) is 5.07. The predicted molar refractivity (Wildman–Crippen MR) is 160 cm³/mol. The summed E-state index contributed by atoms with van der Waals surface area (Å²) in [7, 11) is 0. The van der Waals surface area contributed by atoms with Crippen LogP contribution in [0.4, 0.5) is 0 Å². The summed E-state index contributed by atoms with van der Waals surface area (Å²) in [5, 5.41) is 0.152. The van der Waals surface area contributed by atoms with Crippen molar-refractivity contribution >= 4 is 28.8 Å². The molecule has 0 atom stereocenters. The minimum atomic E-state index is -0.641. The van der Waals surface area contributed by atoms with Gasteiger partial charge in [-0.15, -0.1) is 0 Å². The molecular formula is C33H29NO10. The Morgan fingerprint density at radius 2 is 1.27 bits per heavy atom. The SMILES string of the molecule is C=CC(=O)OCCCOc1ccc(C(=O)Oc2ccc3nc(-c4ccc(OCCCOC(=O)C=C)cc4)oc(=O)c3c2)cc1. The Morgan fingerprint density at radius 1 is 0.727 bits per heavy atom. The van der Waals surface area contributed by atoms with Crippen LogP contribution in [0.15, 0.2) is 101 Å². The summed E-state index contributed by atoms with van der Waals surface area (Å²) in [4.78, 5) is 52.0. The van der Waals surface area contributed by atoms with Crippen LogP contribution < -0.4 is 19.8 Å². The smallest absolute Gasteiger partial charge is 0.347 e. The number of hydrogen-bond donors (Lipinski definition) is 0. The lowest BCUT2D eigenvalue weighted by Crippen LogP contribution is -2.10. The zero-order chi connectivity index (χ0) is 31.3. The van der Waals surface area contributed by atoms with E-state index < -0.39 is 23.5 Å². The number of aromatic nitrogens is 1. The van der Waals surface area contributed by atoms with E-state index in [1.54, 1.807) is 54.6 Å². The quantitative estimate of drug-likeness (QED) is 0.0783. The minimum absolute atomic E-state index is 0.121. The summed E-state index contributed by atoms with van der Waals surface area (Å²) in [5.41, 5.74) is 0.570. The van der Waals surface area contributed by atoms with Gasteiger partial charge in [0.2, 0.25) is 5.89 Å². The topological polar surface area (TPSA) is 140 Å². The lowest BCUT2D eigenvalue weighted by Gasteiger charge is -2.09. The molecule has 11 heteroatoms. The second-order valence-electron chi connectivity index (χ2n) is 9.07. The third kappa shape index (κ3) is 8.89. The fraction of sp³-hybridized carbons (Fsp3) is 0.182. The van der Waals surface area contributed by atoms with Crippen LogP contribution in [0, 0.1) is 0 Å². The maximum absolute atomic E-state index is 12.8. The van der Waals surface area contributed by atoms with E-state index in [1.165, 1.54) is 12.1 Å². The van der Waals surface area contributed by atoms with Gasteiger partial charge >= 0.3 is 23.5 Å². The molecule has 0 radical (unpaired) electrons. The van der Waals surface area contributed by atoms with Crippen LogP contribution in [0.1, 0.15) is 23.2 Å². The van der Waals surface area contributed by atoms with Gasteiger partial charge in [0.05, 0.1) is 42.9 Å². The van der Waals surface area contributed by atoms with Gasteiger partial charge in [-0.05, 0) is 66.7 Å². The molecule has 0 saturated heterocycles. The lowest BCUT2D eigenvalue weighted by molar-refractivity contribution is -0.138. The number of ether oxygens (including phenoxy) is 5. The highest BCUT2D eigenvalue weighted by Crippen LogP contribution is 2.24. The first-order valence-electron chi connectivity index (χ1n) is 13.6. The Kier molecular flexibility index (Phi) is 11.0. The largest absolute Gasteiger partial charge is 0.493 e. The van der Waals surface area contributed by atoms with Crippen LogP contribution in [0.3, 0.4) is 0 Å². The number of nitrogens with zero attached hydrogens (tertiary/aromatic N) is 1. The van der Waals surface area contributed by atoms with Gasteiger partial charge < -0.3 is 28.1 Å². The van der Waals surface area contributed by atoms with Crippen LogP contribution in [0.2, 0.25) is 0 Å². The van der Waals surface area contributed by atoms with Gasteiger partial charge in [0, 0.05) is 30.6 Å². The van der Waals surface area contributed by atoms with Crippen LogP contribution in [0.25, 0.3) is 22.4 Å². The fourth-order valence-electron chi connectivity index (χ4n) is 3.75. The molecule has 226 valence electrons. The second-order valence-corrected chi connectivity index (χ2v) is 9.07. The molecule has 0 unspecified atom stereocenters. The number of fused-ring (bicyclic) bond motifs is 1. The third-order valence-electron chi connectivity index (χ3n) is 5.94. The van der Waals surface area contributed by atoms with E-state index in [4.69, 9.17) is 28.1 Å². The van der Waals surface area contributed by atoms with E-state index in [1.807, 2.05) is 0 Å². The zero-order valence-electron chi connectivity index (χ0n) is 23.7. The summed E-state index contributed by atoms with van der Waals surface area (Å²) in [6.07, 6.45) is 3.21. The second kappa shape index (κ2) is 15.5. The first kappa shape index (κ1) is 31.2. The molecule has 0 saturated carbocycles. The van der Waals surface area contributed by atoms with E-state index in [0.717, 1.165) is 12.2 Å². The van der Waals surface area contributed by atoms with E-state index in [9.17, 15) is 19.2 Å². The Bertz CT molecular complexity index is 1690. The molecule has 0 fully saturated rings. The first-order valence-corrected chi connectivity index (χ1v) is 13.6. The molecule has 44 heavy (non-hydrogen) atoms. The van der Waals surface area contributed by atoms with Crippen LogP contribution in [-0.2, 0) is 19.1 Å². The summed E-state index contributed by atoms with van der Waals surface area (Å²) in [6.45, 7) is 7.75. The van der Waals surface area contributed by atoms with Gasteiger partial charge in [-0.25, -0.2) is 24.2 Å². The Labute approximate surface area is 252 Å². The summed E-state index contributed by atoms with van der Waals surface area (Å²) >= 11 is 0. The van der Waals surface area contributed by atoms with E-state index in [2.05, 4.69) is 18.1 Å². The molecule has 0 N–H and O–H groups in total. The van der Waals surface area contributed by atoms with Gasteiger partial charge in [-0.3, -0.25) is 0 Å². The van der Waals surface area contributed by atoms with Crippen molar-refractivity contribution in [1.82, 2.24) is 4.98 Å². The molecule has 0 aliphatic rings. The highest BCUT2D eigenvalue weighted by atomic mass is 16.5. The molecule has 0 bridgehead atoms. The van der Waals surface area contributed by atoms with Crippen molar-refractivity contribution in [2.45, 2.75) is 12.8 Å². The molecular weight excluding hydrogens is 570 g/mol. The first-order chi connectivity index (χ1) is 21.4. The molecule has 4 aromatic rings. The van der Waals surface area contributed by atoms with Crippen molar-refractivity contribution in [3.63, 3.8) is 0 Å². The average Bonchev–Trinajstić information content (AvgIpc) is 3.04. The third-order valence-corrected chi connectivity index (χ3v) is 5.94. The van der Waals surface area contributed by atoms with Gasteiger partial charge in [0.1, 0.15) is 17.2 Å².